The number of rotatable bonds is 4. The fourth-order valence-electron chi connectivity index (χ4n) is 0.568. The molecule has 1 amide bonds. The molecule has 11 heavy (non-hydrogen) atoms. The Bertz CT molecular complexity index is 132. The van der Waals surface area contributed by atoms with E-state index in [1.54, 1.807) is 6.92 Å². The lowest BCUT2D eigenvalue weighted by Gasteiger charge is -2.22. The van der Waals surface area contributed by atoms with Crippen LogP contribution in [0.1, 0.15) is 13.8 Å². The fourth-order valence-corrected chi connectivity index (χ4v) is 0.568. The summed E-state index contributed by atoms with van der Waals surface area (Å²) in [6.45, 7) is 3.13. The molecule has 4 heteroatoms. The SMILES string of the molecule is CCNC(=O)C(C)(CO)CO. The Morgan fingerprint density at radius 1 is 1.45 bits per heavy atom. The second-order valence-corrected chi connectivity index (χ2v) is 2.74. The first kappa shape index (κ1) is 10.4. The average molecular weight is 161 g/mol. The molecule has 0 fully saturated rings. The average Bonchev–Trinajstić information content (AvgIpc) is 2.03. The summed E-state index contributed by atoms with van der Waals surface area (Å²) in [6.07, 6.45) is 0. The highest BCUT2D eigenvalue weighted by molar-refractivity contribution is 5.82. The molecule has 0 aliphatic carbocycles. The summed E-state index contributed by atoms with van der Waals surface area (Å²) < 4.78 is 0. The van der Waals surface area contributed by atoms with Gasteiger partial charge in [-0.1, -0.05) is 0 Å². The quantitative estimate of drug-likeness (QED) is 0.501. The number of carbonyl (C=O) groups is 1. The Morgan fingerprint density at radius 2 is 1.91 bits per heavy atom. The second-order valence-electron chi connectivity index (χ2n) is 2.74. The monoisotopic (exact) mass is 161 g/mol. The van der Waals surface area contributed by atoms with E-state index in [4.69, 9.17) is 10.2 Å². The van der Waals surface area contributed by atoms with Crippen LogP contribution in [0.5, 0.6) is 0 Å². The highest BCUT2D eigenvalue weighted by Gasteiger charge is 2.30. The Kier molecular flexibility index (Phi) is 4.07. The number of aliphatic hydroxyl groups excluding tert-OH is 2. The zero-order valence-electron chi connectivity index (χ0n) is 6.92. The zero-order chi connectivity index (χ0) is 8.91. The van der Waals surface area contributed by atoms with Crippen molar-refractivity contribution in [3.8, 4) is 0 Å². The molecule has 0 heterocycles. The van der Waals surface area contributed by atoms with Gasteiger partial charge in [0, 0.05) is 6.54 Å². The first-order valence-electron chi connectivity index (χ1n) is 3.60. The molecule has 0 aromatic heterocycles. The van der Waals surface area contributed by atoms with Gasteiger partial charge < -0.3 is 15.5 Å². The van der Waals surface area contributed by atoms with Crippen molar-refractivity contribution >= 4 is 5.91 Å². The second kappa shape index (κ2) is 4.31. The smallest absolute Gasteiger partial charge is 0.230 e. The maximum Gasteiger partial charge on any atom is 0.230 e. The third-order valence-electron chi connectivity index (χ3n) is 1.58. The number of nitrogens with one attached hydrogen (secondary N) is 1. The molecular weight excluding hydrogens is 146 g/mol. The maximum atomic E-state index is 11.1. The normalized spacial score (nSPS) is 11.3. The molecule has 0 saturated heterocycles. The molecule has 4 nitrogen and oxygen atoms in total. The fraction of sp³-hybridized carbons (Fsp3) is 0.857. The van der Waals surface area contributed by atoms with E-state index in [1.807, 2.05) is 0 Å². The van der Waals surface area contributed by atoms with Gasteiger partial charge in [0.15, 0.2) is 0 Å². The van der Waals surface area contributed by atoms with Crippen molar-refractivity contribution in [3.05, 3.63) is 0 Å². The van der Waals surface area contributed by atoms with E-state index in [-0.39, 0.29) is 19.1 Å². The van der Waals surface area contributed by atoms with E-state index in [0.29, 0.717) is 6.54 Å². The predicted molar refractivity (Wildman–Crippen MR) is 41.0 cm³/mol. The Morgan fingerprint density at radius 3 is 2.18 bits per heavy atom. The summed E-state index contributed by atoms with van der Waals surface area (Å²) in [4.78, 5) is 11.1. The van der Waals surface area contributed by atoms with Gasteiger partial charge in [0.2, 0.25) is 5.91 Å². The minimum absolute atomic E-state index is 0.315. The summed E-state index contributed by atoms with van der Waals surface area (Å²) in [5, 5.41) is 20.1. The van der Waals surface area contributed by atoms with Crippen molar-refractivity contribution in [2.45, 2.75) is 13.8 Å². The van der Waals surface area contributed by atoms with Crippen molar-refractivity contribution in [2.24, 2.45) is 5.41 Å². The van der Waals surface area contributed by atoms with Crippen molar-refractivity contribution in [1.29, 1.82) is 0 Å². The molecule has 0 spiro atoms. The van der Waals surface area contributed by atoms with E-state index in [2.05, 4.69) is 5.32 Å². The number of hydrogen-bond donors (Lipinski definition) is 3. The van der Waals surface area contributed by atoms with Gasteiger partial charge in [-0.2, -0.15) is 0 Å². The molecule has 3 N–H and O–H groups in total. The molecule has 0 rings (SSSR count). The summed E-state index contributed by atoms with van der Waals surface area (Å²) in [6, 6.07) is 0. The van der Waals surface area contributed by atoms with Crippen LogP contribution < -0.4 is 5.32 Å². The van der Waals surface area contributed by atoms with E-state index in [0.717, 1.165) is 0 Å². The van der Waals surface area contributed by atoms with Crippen LogP contribution in [-0.4, -0.2) is 35.9 Å². The van der Waals surface area contributed by atoms with Gasteiger partial charge in [-0.25, -0.2) is 0 Å². The van der Waals surface area contributed by atoms with Crippen LogP contribution in [0.2, 0.25) is 0 Å². The van der Waals surface area contributed by atoms with Crippen LogP contribution in [0, 0.1) is 5.41 Å². The molecule has 0 aliphatic rings. The summed E-state index contributed by atoms with van der Waals surface area (Å²) in [7, 11) is 0. The molecule has 0 radical (unpaired) electrons. The lowest BCUT2D eigenvalue weighted by atomic mass is 9.92. The van der Waals surface area contributed by atoms with Crippen LogP contribution in [0.25, 0.3) is 0 Å². The largest absolute Gasteiger partial charge is 0.395 e. The van der Waals surface area contributed by atoms with Crippen LogP contribution in [0.3, 0.4) is 0 Å². The minimum atomic E-state index is -1.05. The van der Waals surface area contributed by atoms with Crippen LogP contribution in [-0.2, 0) is 4.79 Å². The number of aliphatic hydroxyl groups is 2. The molecule has 0 saturated carbocycles. The predicted octanol–water partition coefficient (Wildman–Crippen LogP) is -0.887. The van der Waals surface area contributed by atoms with Crippen LogP contribution in [0.15, 0.2) is 0 Å². The third-order valence-corrected chi connectivity index (χ3v) is 1.58. The van der Waals surface area contributed by atoms with Crippen molar-refractivity contribution in [2.75, 3.05) is 19.8 Å². The molecule has 0 unspecified atom stereocenters. The van der Waals surface area contributed by atoms with Gasteiger partial charge in [-0.05, 0) is 13.8 Å². The first-order chi connectivity index (χ1) is 5.10. The molecule has 66 valence electrons. The van der Waals surface area contributed by atoms with E-state index < -0.39 is 5.41 Å². The molecule has 0 aromatic rings. The first-order valence-corrected chi connectivity index (χ1v) is 3.60. The Labute approximate surface area is 66.2 Å². The van der Waals surface area contributed by atoms with Crippen molar-refractivity contribution < 1.29 is 15.0 Å². The lowest BCUT2D eigenvalue weighted by molar-refractivity contribution is -0.134. The zero-order valence-corrected chi connectivity index (χ0v) is 6.92. The molecule has 0 bridgehead atoms. The number of carbonyl (C=O) groups excluding carboxylic acids is 1. The highest BCUT2D eigenvalue weighted by Crippen LogP contribution is 2.13. The molecule has 0 aromatic carbocycles. The summed E-state index contributed by atoms with van der Waals surface area (Å²) >= 11 is 0. The van der Waals surface area contributed by atoms with Crippen molar-refractivity contribution in [3.63, 3.8) is 0 Å². The van der Waals surface area contributed by atoms with E-state index >= 15 is 0 Å². The Balaban J connectivity index is 4.12. The topological polar surface area (TPSA) is 69.6 Å². The highest BCUT2D eigenvalue weighted by atomic mass is 16.3. The number of amides is 1. The van der Waals surface area contributed by atoms with Crippen LogP contribution in [0.4, 0.5) is 0 Å². The third kappa shape index (κ3) is 2.48. The van der Waals surface area contributed by atoms with Gasteiger partial charge in [0.25, 0.3) is 0 Å². The van der Waals surface area contributed by atoms with Gasteiger partial charge in [0.1, 0.15) is 0 Å². The lowest BCUT2D eigenvalue weighted by Crippen LogP contribution is -2.43. The van der Waals surface area contributed by atoms with E-state index in [1.165, 1.54) is 6.92 Å². The summed E-state index contributed by atoms with van der Waals surface area (Å²) in [5.41, 5.74) is -1.05. The standard InChI is InChI=1S/C7H15NO3/c1-3-8-6(11)7(2,4-9)5-10/h9-10H,3-5H2,1-2H3,(H,8,11). The van der Waals surface area contributed by atoms with Gasteiger partial charge in [-0.3, -0.25) is 4.79 Å². The maximum absolute atomic E-state index is 11.1. The molecular formula is C7H15NO3. The van der Waals surface area contributed by atoms with Gasteiger partial charge in [0.05, 0.1) is 18.6 Å². The molecule has 0 aliphatic heterocycles. The molecule has 0 atom stereocenters. The van der Waals surface area contributed by atoms with Crippen LogP contribution >= 0.6 is 0 Å². The van der Waals surface area contributed by atoms with E-state index in [9.17, 15) is 4.79 Å². The van der Waals surface area contributed by atoms with Gasteiger partial charge in [-0.15, -0.1) is 0 Å². The summed E-state index contributed by atoms with van der Waals surface area (Å²) in [5.74, 6) is -0.315. The Hall–Kier alpha value is -0.610. The van der Waals surface area contributed by atoms with Crippen molar-refractivity contribution in [1.82, 2.24) is 5.32 Å². The minimum Gasteiger partial charge on any atom is -0.395 e. The number of hydrogen-bond acceptors (Lipinski definition) is 3. The van der Waals surface area contributed by atoms with Gasteiger partial charge >= 0.3 is 0 Å².